The van der Waals surface area contributed by atoms with Crippen molar-refractivity contribution in [3.8, 4) is 12.3 Å². The van der Waals surface area contributed by atoms with Crippen molar-refractivity contribution < 1.29 is 0 Å². The number of hydrogen-bond donors (Lipinski definition) is 0. The molecule has 0 heterocycles. The molecule has 0 bridgehead atoms. The molecule has 0 radical (unpaired) electrons. The van der Waals surface area contributed by atoms with Gasteiger partial charge in [0.2, 0.25) is 0 Å². The van der Waals surface area contributed by atoms with Crippen LogP contribution in [-0.2, 0) is 0 Å². The molecule has 0 unspecified atom stereocenters. The van der Waals surface area contributed by atoms with E-state index < -0.39 is 0 Å². The van der Waals surface area contributed by atoms with Crippen LogP contribution in [0.5, 0.6) is 0 Å². The van der Waals surface area contributed by atoms with Crippen LogP contribution in [0.2, 0.25) is 0 Å². The van der Waals surface area contributed by atoms with Crippen LogP contribution in [0.25, 0.3) is 0 Å². The second kappa shape index (κ2) is 61.7. The van der Waals surface area contributed by atoms with E-state index in [4.69, 9.17) is 0 Å². The van der Waals surface area contributed by atoms with Crippen molar-refractivity contribution >= 4 is 0 Å². The summed E-state index contributed by atoms with van der Waals surface area (Å²) in [4.78, 5) is 0. The average Bonchev–Trinajstić information content (AvgIpc) is 1.94. The lowest BCUT2D eigenvalue weighted by Gasteiger charge is -1.49. The van der Waals surface area contributed by atoms with Crippen LogP contribution in [0.4, 0.5) is 0 Å². The lowest BCUT2D eigenvalue weighted by molar-refractivity contribution is 1.64. The van der Waals surface area contributed by atoms with Gasteiger partial charge in [-0.1, -0.05) is 12.2 Å². The van der Waals surface area contributed by atoms with E-state index in [0.717, 1.165) is 0 Å². The predicted octanol–water partition coefficient (Wildman–Crippen LogP) is 3.02. The maximum atomic E-state index is 4.60. The standard InChI is InChI=1S/C4H8.C3H4.C2H4/c1-3-4-2;1-3-2;1-2/h3-4H,1-2H3;1H,2H3;1-2H2/b4-3-;;. The van der Waals surface area contributed by atoms with Crippen molar-refractivity contribution in [2.24, 2.45) is 0 Å². The number of hydrogen-bond acceptors (Lipinski definition) is 0. The summed E-state index contributed by atoms with van der Waals surface area (Å²) < 4.78 is 0. The minimum atomic E-state index is 1.65. The van der Waals surface area contributed by atoms with Crippen molar-refractivity contribution in [3.63, 3.8) is 0 Å². The van der Waals surface area contributed by atoms with E-state index in [9.17, 15) is 0 Å². The fraction of sp³-hybridized carbons (Fsp3) is 0.333. The molecule has 0 spiro atoms. The molecule has 9 heavy (non-hydrogen) atoms. The highest BCUT2D eigenvalue weighted by atomic mass is 13.4. The molecule has 0 aromatic carbocycles. The summed E-state index contributed by atoms with van der Waals surface area (Å²) in [5.41, 5.74) is 0. The maximum absolute atomic E-state index is 4.60. The molecule has 0 heteroatoms. The molecule has 0 rings (SSSR count). The van der Waals surface area contributed by atoms with Crippen molar-refractivity contribution in [3.05, 3.63) is 25.3 Å². The molecule has 0 aromatic rings. The first-order chi connectivity index (χ1) is 4.33. The van der Waals surface area contributed by atoms with E-state index in [2.05, 4.69) is 25.5 Å². The quantitative estimate of drug-likeness (QED) is 0.344. The fourth-order valence-corrected chi connectivity index (χ4v) is 0. The lowest BCUT2D eigenvalue weighted by Crippen LogP contribution is -1.26. The van der Waals surface area contributed by atoms with Gasteiger partial charge in [-0.3, -0.25) is 0 Å². The average molecular weight is 124 g/mol. The number of terminal acetylenes is 1. The normalized spacial score (nSPS) is 5.56. The van der Waals surface area contributed by atoms with Crippen molar-refractivity contribution in [2.45, 2.75) is 20.8 Å². The van der Waals surface area contributed by atoms with E-state index in [1.165, 1.54) is 0 Å². The molecule has 0 saturated carbocycles. The Balaban J connectivity index is -0.0000000646. The van der Waals surface area contributed by atoms with Crippen LogP contribution >= 0.6 is 0 Å². The Morgan fingerprint density at radius 3 is 1.33 bits per heavy atom. The van der Waals surface area contributed by atoms with E-state index in [0.29, 0.717) is 0 Å². The first-order valence-electron chi connectivity index (χ1n) is 2.78. The highest BCUT2D eigenvalue weighted by Crippen LogP contribution is 1.57. The van der Waals surface area contributed by atoms with Gasteiger partial charge in [-0.25, -0.2) is 0 Å². The molecule has 0 aliphatic carbocycles. The summed E-state index contributed by atoms with van der Waals surface area (Å²) in [7, 11) is 0. The molecule has 0 atom stereocenters. The molecule has 0 N–H and O–H groups in total. The number of allylic oxidation sites excluding steroid dienone is 2. The summed E-state index contributed by atoms with van der Waals surface area (Å²) >= 11 is 0. The van der Waals surface area contributed by atoms with Gasteiger partial charge in [-0.15, -0.1) is 25.5 Å². The Morgan fingerprint density at radius 1 is 1.22 bits per heavy atom. The van der Waals surface area contributed by atoms with Gasteiger partial charge in [-0.05, 0) is 20.8 Å². The summed E-state index contributed by atoms with van der Waals surface area (Å²) in [6.07, 6.45) is 8.60. The SMILES string of the molecule is C#CC.C/C=C\C.C=C. The zero-order valence-electron chi connectivity index (χ0n) is 6.65. The largest absolute Gasteiger partial charge is 0.120 e. The second-order valence-corrected chi connectivity index (χ2v) is 0.955. The lowest BCUT2D eigenvalue weighted by atomic mass is 10.6. The monoisotopic (exact) mass is 124 g/mol. The van der Waals surface area contributed by atoms with Crippen LogP contribution in [-0.4, -0.2) is 0 Å². The van der Waals surface area contributed by atoms with Gasteiger partial charge < -0.3 is 0 Å². The Morgan fingerprint density at radius 2 is 1.33 bits per heavy atom. The van der Waals surface area contributed by atoms with Crippen LogP contribution in [0, 0.1) is 12.3 Å². The Labute approximate surface area is 59.3 Å². The molecule has 0 fully saturated rings. The molecule has 0 nitrogen and oxygen atoms in total. The van der Waals surface area contributed by atoms with Crippen LogP contribution < -0.4 is 0 Å². The maximum Gasteiger partial charge on any atom is -0.00297 e. The fourth-order valence-electron chi connectivity index (χ4n) is 0. The topological polar surface area (TPSA) is 0 Å². The van der Waals surface area contributed by atoms with Gasteiger partial charge in [-0.2, -0.15) is 0 Å². The van der Waals surface area contributed by atoms with Gasteiger partial charge in [0.25, 0.3) is 0 Å². The van der Waals surface area contributed by atoms with Gasteiger partial charge >= 0.3 is 0 Å². The summed E-state index contributed by atoms with van der Waals surface area (Å²) in [5, 5.41) is 0. The van der Waals surface area contributed by atoms with Gasteiger partial charge in [0.15, 0.2) is 0 Å². The zero-order chi connectivity index (χ0) is 8.12. The molecule has 0 amide bonds. The minimum absolute atomic E-state index is 1.65. The molecule has 0 aliphatic heterocycles. The third-order valence-electron chi connectivity index (χ3n) is 0.333. The van der Waals surface area contributed by atoms with Crippen LogP contribution in [0.1, 0.15) is 20.8 Å². The predicted molar refractivity (Wildman–Crippen MR) is 46.2 cm³/mol. The Kier molecular flexibility index (Phi) is 108. The zero-order valence-corrected chi connectivity index (χ0v) is 6.65. The first kappa shape index (κ1) is 15.7. The summed E-state index contributed by atoms with van der Waals surface area (Å²) in [6, 6.07) is 0. The Bertz CT molecular complexity index is 68.5. The summed E-state index contributed by atoms with van der Waals surface area (Å²) in [6.45, 7) is 11.7. The highest BCUT2D eigenvalue weighted by molar-refractivity contribution is 4.73. The molecule has 0 saturated heterocycles. The first-order valence-corrected chi connectivity index (χ1v) is 2.78. The third kappa shape index (κ3) is 112000. The highest BCUT2D eigenvalue weighted by Gasteiger charge is 1.34. The van der Waals surface area contributed by atoms with Crippen molar-refractivity contribution in [1.29, 1.82) is 0 Å². The number of rotatable bonds is 0. The van der Waals surface area contributed by atoms with Crippen molar-refractivity contribution in [1.82, 2.24) is 0 Å². The Hall–Kier alpha value is -0.960. The van der Waals surface area contributed by atoms with Gasteiger partial charge in [0.1, 0.15) is 0 Å². The molecule has 0 aliphatic rings. The van der Waals surface area contributed by atoms with Crippen LogP contribution in [0.3, 0.4) is 0 Å². The van der Waals surface area contributed by atoms with E-state index >= 15 is 0 Å². The van der Waals surface area contributed by atoms with Gasteiger partial charge in [0.05, 0.1) is 0 Å². The van der Waals surface area contributed by atoms with E-state index in [1.54, 1.807) is 6.92 Å². The smallest absolute Gasteiger partial charge is 0.00297 e. The van der Waals surface area contributed by atoms with E-state index in [1.807, 2.05) is 26.0 Å². The molecule has 52 valence electrons. The van der Waals surface area contributed by atoms with E-state index in [-0.39, 0.29) is 0 Å². The van der Waals surface area contributed by atoms with Crippen molar-refractivity contribution in [2.75, 3.05) is 0 Å². The molecular weight excluding hydrogens is 108 g/mol. The third-order valence-corrected chi connectivity index (χ3v) is 0.333. The van der Waals surface area contributed by atoms with Gasteiger partial charge in [0, 0.05) is 0 Å². The summed E-state index contributed by atoms with van der Waals surface area (Å²) in [5.74, 6) is 2.25. The minimum Gasteiger partial charge on any atom is -0.120 e. The molecule has 0 aromatic heterocycles. The molecular formula is C9H16. The second-order valence-electron chi connectivity index (χ2n) is 0.955. The van der Waals surface area contributed by atoms with Crippen LogP contribution in [0.15, 0.2) is 25.3 Å².